The van der Waals surface area contributed by atoms with Crippen molar-refractivity contribution in [2.75, 3.05) is 7.11 Å². The Labute approximate surface area is 187 Å². The van der Waals surface area contributed by atoms with Crippen molar-refractivity contribution in [3.05, 3.63) is 70.9 Å². The molecule has 3 aromatic rings. The molecular weight excluding hydrogens is 404 g/mol. The third-order valence-corrected chi connectivity index (χ3v) is 5.58. The zero-order valence-corrected chi connectivity index (χ0v) is 18.6. The number of ether oxygens (including phenoxy) is 3. The van der Waals surface area contributed by atoms with Crippen LogP contribution in [0.1, 0.15) is 49.1 Å². The number of hydrogen-bond acceptors (Lipinski definition) is 6. The molecule has 2 atom stereocenters. The van der Waals surface area contributed by atoms with Crippen molar-refractivity contribution < 1.29 is 14.2 Å². The second-order valence-corrected chi connectivity index (χ2v) is 8.80. The van der Waals surface area contributed by atoms with Gasteiger partial charge in [-0.3, -0.25) is 10.5 Å². The fourth-order valence-corrected chi connectivity index (χ4v) is 3.98. The van der Waals surface area contributed by atoms with Crippen LogP contribution < -0.4 is 14.2 Å². The second kappa shape index (κ2) is 8.39. The average molecular weight is 431 g/mol. The molecule has 32 heavy (non-hydrogen) atoms. The Bertz CT molecular complexity index is 1170. The molecule has 1 aliphatic rings. The van der Waals surface area contributed by atoms with Crippen LogP contribution >= 0.6 is 0 Å². The van der Waals surface area contributed by atoms with Crippen LogP contribution in [-0.2, 0) is 12.0 Å². The third kappa shape index (κ3) is 3.92. The number of rotatable bonds is 5. The Morgan fingerprint density at radius 1 is 1.16 bits per heavy atom. The highest BCUT2D eigenvalue weighted by atomic mass is 16.5. The predicted molar refractivity (Wildman–Crippen MR) is 120 cm³/mol. The Morgan fingerprint density at radius 3 is 2.56 bits per heavy atom. The second-order valence-electron chi connectivity index (χ2n) is 8.80. The lowest BCUT2D eigenvalue weighted by Crippen LogP contribution is -2.32. The number of aromatic nitrogens is 2. The summed E-state index contributed by atoms with van der Waals surface area (Å²) >= 11 is 0. The van der Waals surface area contributed by atoms with Gasteiger partial charge in [0.1, 0.15) is 12.5 Å². The maximum Gasteiger partial charge on any atom is 0.243 e. The van der Waals surface area contributed by atoms with E-state index < -0.39 is 11.8 Å². The first-order valence-electron chi connectivity index (χ1n) is 10.4. The van der Waals surface area contributed by atoms with Crippen molar-refractivity contribution in [3.63, 3.8) is 0 Å². The lowest BCUT2D eigenvalue weighted by molar-refractivity contribution is 0.284. The summed E-state index contributed by atoms with van der Waals surface area (Å²) in [4.78, 5) is 0. The largest absolute Gasteiger partial charge is 0.493 e. The maximum atomic E-state index is 9.88. The Morgan fingerprint density at radius 2 is 1.91 bits per heavy atom. The van der Waals surface area contributed by atoms with Crippen molar-refractivity contribution >= 4 is 5.90 Å². The van der Waals surface area contributed by atoms with Gasteiger partial charge in [-0.1, -0.05) is 57.2 Å². The predicted octanol–water partition coefficient (Wildman–Crippen LogP) is 4.94. The summed E-state index contributed by atoms with van der Waals surface area (Å²) in [7, 11) is 1.59. The number of aromatic amines is 1. The minimum Gasteiger partial charge on any atom is -0.493 e. The molecular formula is C25H26N4O3. The van der Waals surface area contributed by atoms with E-state index in [-0.39, 0.29) is 11.3 Å². The summed E-state index contributed by atoms with van der Waals surface area (Å²) in [6.07, 6.45) is 0. The Balaban J connectivity index is 1.74. The van der Waals surface area contributed by atoms with Gasteiger partial charge in [0.2, 0.25) is 11.8 Å². The minimum absolute atomic E-state index is 0.111. The molecule has 0 aliphatic carbocycles. The fourth-order valence-electron chi connectivity index (χ4n) is 3.98. The fraction of sp³-hybridized carbons (Fsp3) is 0.320. The number of H-pyrrole nitrogens is 1. The zero-order chi connectivity index (χ0) is 22.9. The molecule has 7 heteroatoms. The molecule has 1 aromatic heterocycles. The van der Waals surface area contributed by atoms with E-state index in [1.807, 2.05) is 48.5 Å². The van der Waals surface area contributed by atoms with Gasteiger partial charge >= 0.3 is 0 Å². The van der Waals surface area contributed by atoms with Crippen molar-refractivity contribution in [1.29, 1.82) is 10.7 Å². The minimum atomic E-state index is -0.776. The van der Waals surface area contributed by atoms with Gasteiger partial charge in [-0.05, 0) is 23.3 Å². The monoisotopic (exact) mass is 430 g/mol. The maximum absolute atomic E-state index is 9.88. The molecule has 2 unspecified atom stereocenters. The van der Waals surface area contributed by atoms with Gasteiger partial charge in [-0.2, -0.15) is 5.26 Å². The lowest BCUT2D eigenvalue weighted by Gasteiger charge is -2.30. The highest BCUT2D eigenvalue weighted by Crippen LogP contribution is 2.47. The molecule has 4 rings (SSSR count). The molecule has 0 amide bonds. The smallest absolute Gasteiger partial charge is 0.243 e. The van der Waals surface area contributed by atoms with E-state index in [9.17, 15) is 5.26 Å². The zero-order valence-electron chi connectivity index (χ0n) is 18.6. The van der Waals surface area contributed by atoms with Crippen LogP contribution in [0, 0.1) is 22.7 Å². The number of nitriles is 1. The highest BCUT2D eigenvalue weighted by Gasteiger charge is 2.42. The quantitative estimate of drug-likeness (QED) is 0.597. The van der Waals surface area contributed by atoms with Crippen LogP contribution in [0.4, 0.5) is 0 Å². The van der Waals surface area contributed by atoms with Gasteiger partial charge in [0.15, 0.2) is 11.5 Å². The standard InChI is InChI=1S/C25H26N4O3/c1-25(2,3)22-21-20(17(13-26)23(27)32-24(21)29-28-22)16-10-11-18(19(12-16)30-4)31-14-15-8-6-5-7-9-15/h5-12,17,20,27H,14H2,1-4H3,(H,28,29). The molecule has 0 saturated heterocycles. The van der Waals surface area contributed by atoms with E-state index in [1.165, 1.54) is 0 Å². The summed E-state index contributed by atoms with van der Waals surface area (Å²) in [6.45, 7) is 6.63. The highest BCUT2D eigenvalue weighted by molar-refractivity contribution is 5.85. The van der Waals surface area contributed by atoms with Crippen molar-refractivity contribution in [1.82, 2.24) is 10.2 Å². The van der Waals surface area contributed by atoms with Gasteiger partial charge in [-0.25, -0.2) is 0 Å². The van der Waals surface area contributed by atoms with E-state index in [4.69, 9.17) is 19.6 Å². The molecule has 2 heterocycles. The van der Waals surface area contributed by atoms with E-state index in [0.29, 0.717) is 24.0 Å². The molecule has 0 bridgehead atoms. The first-order valence-corrected chi connectivity index (χ1v) is 10.4. The van der Waals surface area contributed by atoms with Gasteiger partial charge in [-0.15, -0.1) is 5.10 Å². The number of nitrogens with zero attached hydrogens (tertiary/aromatic N) is 2. The molecule has 7 nitrogen and oxygen atoms in total. The number of nitrogens with one attached hydrogen (secondary N) is 2. The summed E-state index contributed by atoms with van der Waals surface area (Å²) in [5.74, 6) is 0.220. The van der Waals surface area contributed by atoms with Crippen LogP contribution in [0.2, 0.25) is 0 Å². The molecule has 2 N–H and O–H groups in total. The molecule has 0 fully saturated rings. The van der Waals surface area contributed by atoms with Gasteiger partial charge in [0, 0.05) is 22.6 Å². The number of methoxy groups -OCH3 is 1. The summed E-state index contributed by atoms with van der Waals surface area (Å²) in [5.41, 5.74) is 3.33. The van der Waals surface area contributed by atoms with E-state index >= 15 is 0 Å². The first-order chi connectivity index (χ1) is 15.3. The van der Waals surface area contributed by atoms with E-state index in [1.54, 1.807) is 7.11 Å². The molecule has 164 valence electrons. The lowest BCUT2D eigenvalue weighted by atomic mass is 9.76. The third-order valence-electron chi connectivity index (χ3n) is 5.58. The van der Waals surface area contributed by atoms with E-state index in [2.05, 4.69) is 37.0 Å². The van der Waals surface area contributed by atoms with Crippen LogP contribution in [-0.4, -0.2) is 23.2 Å². The molecule has 0 radical (unpaired) electrons. The molecule has 0 saturated carbocycles. The summed E-state index contributed by atoms with van der Waals surface area (Å²) in [5, 5.41) is 25.5. The number of benzene rings is 2. The van der Waals surface area contributed by atoms with Crippen molar-refractivity contribution in [2.45, 2.75) is 38.7 Å². The number of fused-ring (bicyclic) bond motifs is 1. The van der Waals surface area contributed by atoms with Crippen molar-refractivity contribution in [3.8, 4) is 23.4 Å². The van der Waals surface area contributed by atoms with Gasteiger partial charge in [0.05, 0.1) is 13.2 Å². The van der Waals surface area contributed by atoms with Crippen LogP contribution in [0.3, 0.4) is 0 Å². The van der Waals surface area contributed by atoms with Crippen LogP contribution in [0.15, 0.2) is 48.5 Å². The van der Waals surface area contributed by atoms with E-state index in [0.717, 1.165) is 22.4 Å². The summed E-state index contributed by atoms with van der Waals surface area (Å²) < 4.78 is 17.2. The van der Waals surface area contributed by atoms with Gasteiger partial charge in [0.25, 0.3) is 0 Å². The topological polar surface area (TPSA) is 104 Å². The Hall–Kier alpha value is -3.79. The average Bonchev–Trinajstić information content (AvgIpc) is 3.21. The molecule has 2 aromatic carbocycles. The first kappa shape index (κ1) is 21.4. The SMILES string of the molecule is COc1cc(C2c3c(n[nH]c3C(C)(C)C)OC(=N)C2C#N)ccc1OCc1ccccc1. The van der Waals surface area contributed by atoms with Crippen molar-refractivity contribution in [2.24, 2.45) is 5.92 Å². The Kier molecular flexibility index (Phi) is 5.62. The normalized spacial score (nSPS) is 17.8. The summed E-state index contributed by atoms with van der Waals surface area (Å²) in [6, 6.07) is 17.8. The molecule has 0 spiro atoms. The van der Waals surface area contributed by atoms with Crippen LogP contribution in [0.25, 0.3) is 0 Å². The number of hydrogen-bond donors (Lipinski definition) is 2. The van der Waals surface area contributed by atoms with Gasteiger partial charge < -0.3 is 14.2 Å². The van der Waals surface area contributed by atoms with Crippen LogP contribution in [0.5, 0.6) is 17.4 Å². The molecule has 1 aliphatic heterocycles.